The van der Waals surface area contributed by atoms with Gasteiger partial charge < -0.3 is 0 Å². The monoisotopic (exact) mass is 365 g/mol. The van der Waals surface area contributed by atoms with E-state index < -0.39 is 10.0 Å². The van der Waals surface area contributed by atoms with E-state index in [1.165, 1.54) is 11.3 Å². The van der Waals surface area contributed by atoms with Crippen LogP contribution in [0, 0.1) is 0 Å². The molecule has 0 amide bonds. The van der Waals surface area contributed by atoms with Gasteiger partial charge in [-0.3, -0.25) is 4.72 Å². The number of anilines is 1. The zero-order valence-corrected chi connectivity index (χ0v) is 15.0. The lowest BCUT2D eigenvalue weighted by Crippen LogP contribution is -2.12. The second-order valence-corrected chi connectivity index (χ2v) is 9.64. The predicted octanol–water partition coefficient (Wildman–Crippen LogP) is 3.99. The smallest absolute Gasteiger partial charge is 0.253 e. The average molecular weight is 366 g/mol. The van der Waals surface area contributed by atoms with Crippen LogP contribution in [0.1, 0.15) is 13.8 Å². The van der Waals surface area contributed by atoms with Crippen LogP contribution in [-0.4, -0.2) is 23.9 Å². The molecule has 0 aliphatic rings. The number of hydrogen-bond acceptors (Lipinski definition) is 6. The molecule has 1 N–H and O–H groups in total. The Labute approximate surface area is 143 Å². The van der Waals surface area contributed by atoms with Crippen molar-refractivity contribution in [3.8, 4) is 0 Å². The molecule has 8 heteroatoms. The normalized spacial score (nSPS) is 12.0. The minimum atomic E-state index is -3.67. The van der Waals surface area contributed by atoms with E-state index in [0.29, 0.717) is 5.25 Å². The molecule has 0 bridgehead atoms. The highest BCUT2D eigenvalue weighted by Crippen LogP contribution is 2.30. The second kappa shape index (κ2) is 6.46. The number of sulfonamides is 1. The van der Waals surface area contributed by atoms with E-state index in [1.54, 1.807) is 30.0 Å². The molecule has 2 aromatic carbocycles. The number of nitrogens with zero attached hydrogens (tertiary/aromatic N) is 2. The minimum Gasteiger partial charge on any atom is -0.253 e. The van der Waals surface area contributed by atoms with Crippen molar-refractivity contribution in [1.82, 2.24) is 10.2 Å². The first kappa shape index (κ1) is 16.2. The van der Waals surface area contributed by atoms with Gasteiger partial charge in [0.05, 0.1) is 4.90 Å². The van der Waals surface area contributed by atoms with Crippen molar-refractivity contribution >= 4 is 49.0 Å². The van der Waals surface area contributed by atoms with Gasteiger partial charge in [-0.2, -0.15) is 0 Å². The summed E-state index contributed by atoms with van der Waals surface area (Å²) in [5.41, 5.74) is 0. The van der Waals surface area contributed by atoms with E-state index in [1.807, 2.05) is 38.1 Å². The molecule has 0 fully saturated rings. The number of benzene rings is 2. The zero-order chi connectivity index (χ0) is 16.4. The molecule has 0 radical (unpaired) electrons. The molecule has 0 saturated carbocycles. The van der Waals surface area contributed by atoms with Gasteiger partial charge in [0.1, 0.15) is 0 Å². The van der Waals surface area contributed by atoms with E-state index in [2.05, 4.69) is 14.9 Å². The summed E-state index contributed by atoms with van der Waals surface area (Å²) in [6, 6.07) is 12.7. The Bertz CT molecular complexity index is 936. The molecule has 0 atom stereocenters. The van der Waals surface area contributed by atoms with Crippen LogP contribution in [0.15, 0.2) is 51.7 Å². The molecular formula is C15H15N3O2S3. The molecule has 0 spiro atoms. The van der Waals surface area contributed by atoms with E-state index >= 15 is 0 Å². The van der Waals surface area contributed by atoms with Gasteiger partial charge in [-0.1, -0.05) is 67.3 Å². The lowest BCUT2D eigenvalue weighted by Gasteiger charge is -2.06. The van der Waals surface area contributed by atoms with Crippen LogP contribution in [0.3, 0.4) is 0 Å². The fourth-order valence-corrected chi connectivity index (χ4v) is 5.25. The van der Waals surface area contributed by atoms with Gasteiger partial charge in [-0.15, -0.1) is 10.2 Å². The van der Waals surface area contributed by atoms with Gasteiger partial charge in [0.2, 0.25) is 5.13 Å². The van der Waals surface area contributed by atoms with Crippen LogP contribution in [0.25, 0.3) is 10.8 Å². The molecule has 0 aliphatic carbocycles. The highest BCUT2D eigenvalue weighted by Gasteiger charge is 2.17. The van der Waals surface area contributed by atoms with Crippen LogP contribution in [0.5, 0.6) is 0 Å². The quantitative estimate of drug-likeness (QED) is 0.692. The Hall–Kier alpha value is -1.64. The molecular weight excluding hydrogens is 350 g/mol. The standard InChI is InChI=1S/C15H15N3O2S3/c1-10(2)21-15-17-16-14(22-15)18-23(19,20)13-8-7-11-5-3-4-6-12(11)9-13/h3-10H,1-2H3,(H,16,18). The van der Waals surface area contributed by atoms with Gasteiger partial charge in [-0.25, -0.2) is 8.42 Å². The van der Waals surface area contributed by atoms with Crippen molar-refractivity contribution < 1.29 is 8.42 Å². The van der Waals surface area contributed by atoms with Crippen LogP contribution in [-0.2, 0) is 10.0 Å². The molecule has 5 nitrogen and oxygen atoms in total. The van der Waals surface area contributed by atoms with Crippen LogP contribution >= 0.6 is 23.1 Å². The zero-order valence-electron chi connectivity index (χ0n) is 12.6. The maximum absolute atomic E-state index is 12.5. The van der Waals surface area contributed by atoms with Crippen molar-refractivity contribution in [3.05, 3.63) is 42.5 Å². The summed E-state index contributed by atoms with van der Waals surface area (Å²) >= 11 is 2.79. The molecule has 3 rings (SSSR count). The Morgan fingerprint density at radius 3 is 2.57 bits per heavy atom. The third-order valence-corrected chi connectivity index (χ3v) is 6.39. The first-order valence-corrected chi connectivity index (χ1v) is 10.1. The van der Waals surface area contributed by atoms with Crippen LogP contribution in [0.2, 0.25) is 0 Å². The summed E-state index contributed by atoms with van der Waals surface area (Å²) in [6.45, 7) is 4.09. The van der Waals surface area contributed by atoms with Gasteiger partial charge in [0.15, 0.2) is 4.34 Å². The summed E-state index contributed by atoms with van der Waals surface area (Å²) in [5.74, 6) is 0. The third-order valence-electron chi connectivity index (χ3n) is 3.00. The van der Waals surface area contributed by atoms with Crippen molar-refractivity contribution in [1.29, 1.82) is 0 Å². The topological polar surface area (TPSA) is 72.0 Å². The molecule has 0 unspecified atom stereocenters. The van der Waals surface area contributed by atoms with Gasteiger partial charge in [-0.05, 0) is 22.9 Å². The summed E-state index contributed by atoms with van der Waals surface area (Å²) in [6.07, 6.45) is 0. The first-order valence-electron chi connectivity index (χ1n) is 6.96. The summed E-state index contributed by atoms with van der Waals surface area (Å²) < 4.78 is 28.2. The van der Waals surface area contributed by atoms with E-state index in [-0.39, 0.29) is 10.0 Å². The maximum Gasteiger partial charge on any atom is 0.263 e. The van der Waals surface area contributed by atoms with Crippen molar-refractivity contribution in [2.45, 2.75) is 28.3 Å². The Kier molecular flexibility index (Phi) is 4.56. The van der Waals surface area contributed by atoms with E-state index in [9.17, 15) is 8.42 Å². The number of hydrogen-bond donors (Lipinski definition) is 1. The molecule has 120 valence electrons. The summed E-state index contributed by atoms with van der Waals surface area (Å²) in [5, 5.41) is 10.4. The minimum absolute atomic E-state index is 0.212. The predicted molar refractivity (Wildman–Crippen MR) is 95.7 cm³/mol. The lowest BCUT2D eigenvalue weighted by molar-refractivity contribution is 0.601. The second-order valence-electron chi connectivity index (χ2n) is 5.15. The Morgan fingerprint density at radius 2 is 1.83 bits per heavy atom. The van der Waals surface area contributed by atoms with E-state index in [0.717, 1.165) is 15.1 Å². The number of thioether (sulfide) groups is 1. The fraction of sp³-hybridized carbons (Fsp3) is 0.200. The molecule has 1 heterocycles. The van der Waals surface area contributed by atoms with Crippen LogP contribution < -0.4 is 4.72 Å². The molecule has 0 aliphatic heterocycles. The van der Waals surface area contributed by atoms with Gasteiger partial charge >= 0.3 is 0 Å². The maximum atomic E-state index is 12.5. The highest BCUT2D eigenvalue weighted by molar-refractivity contribution is 8.01. The number of nitrogens with one attached hydrogen (secondary N) is 1. The first-order chi connectivity index (χ1) is 10.9. The largest absolute Gasteiger partial charge is 0.263 e. The molecule has 0 saturated heterocycles. The van der Waals surface area contributed by atoms with E-state index in [4.69, 9.17) is 0 Å². The average Bonchev–Trinajstić information content (AvgIpc) is 2.92. The Morgan fingerprint density at radius 1 is 1.09 bits per heavy atom. The Balaban J connectivity index is 1.86. The molecule has 1 aromatic heterocycles. The van der Waals surface area contributed by atoms with Crippen molar-refractivity contribution in [2.24, 2.45) is 0 Å². The SMILES string of the molecule is CC(C)Sc1nnc(NS(=O)(=O)c2ccc3ccccc3c2)s1. The molecule has 23 heavy (non-hydrogen) atoms. The highest BCUT2D eigenvalue weighted by atomic mass is 32.2. The van der Waals surface area contributed by atoms with Crippen LogP contribution in [0.4, 0.5) is 5.13 Å². The summed E-state index contributed by atoms with van der Waals surface area (Å²) in [4.78, 5) is 0.212. The van der Waals surface area contributed by atoms with Gasteiger partial charge in [0.25, 0.3) is 10.0 Å². The number of aromatic nitrogens is 2. The lowest BCUT2D eigenvalue weighted by atomic mass is 10.1. The van der Waals surface area contributed by atoms with Crippen molar-refractivity contribution in [3.63, 3.8) is 0 Å². The fourth-order valence-electron chi connectivity index (χ4n) is 2.01. The third kappa shape index (κ3) is 3.82. The molecule has 3 aromatic rings. The number of rotatable bonds is 5. The number of fused-ring (bicyclic) bond motifs is 1. The van der Waals surface area contributed by atoms with Gasteiger partial charge in [0, 0.05) is 5.25 Å². The summed E-state index contributed by atoms with van der Waals surface area (Å²) in [7, 11) is -3.67. The van der Waals surface area contributed by atoms with Crippen molar-refractivity contribution in [2.75, 3.05) is 4.72 Å².